The van der Waals surface area contributed by atoms with Gasteiger partial charge in [-0.15, -0.1) is 10.2 Å². The van der Waals surface area contributed by atoms with Crippen LogP contribution in [0.5, 0.6) is 0 Å². The Bertz CT molecular complexity index is 1430. The van der Waals surface area contributed by atoms with Gasteiger partial charge in [-0.1, -0.05) is 41.6 Å². The Labute approximate surface area is 176 Å². The van der Waals surface area contributed by atoms with Gasteiger partial charge in [0, 0.05) is 0 Å². The first kappa shape index (κ1) is 18.6. The molecule has 150 valence electrons. The van der Waals surface area contributed by atoms with Crippen molar-refractivity contribution in [1.29, 1.82) is 0 Å². The van der Waals surface area contributed by atoms with E-state index in [-0.39, 0.29) is 5.56 Å². The number of oxazole rings is 1. The second-order valence-corrected chi connectivity index (χ2v) is 8.09. The molecule has 0 bridgehead atoms. The molecular weight excluding hydrogens is 398 g/mol. The lowest BCUT2D eigenvalue weighted by Crippen LogP contribution is -2.21. The number of rotatable bonds is 4. The maximum absolute atomic E-state index is 13.3. The predicted octanol–water partition coefficient (Wildman–Crippen LogP) is 4.24. The molecule has 0 spiro atoms. The summed E-state index contributed by atoms with van der Waals surface area (Å²) in [5, 5.41) is 10.0. The van der Waals surface area contributed by atoms with Gasteiger partial charge in [0.05, 0.1) is 28.0 Å². The van der Waals surface area contributed by atoms with E-state index >= 15 is 0 Å². The fraction of sp³-hybridized carbons (Fsp3) is 0.182. The van der Waals surface area contributed by atoms with Crippen LogP contribution in [0.2, 0.25) is 0 Å². The van der Waals surface area contributed by atoms with Gasteiger partial charge in [-0.05, 0) is 45.0 Å². The highest BCUT2D eigenvalue weighted by Gasteiger charge is 2.18. The molecule has 0 unspecified atom stereocenters. The molecule has 8 heteroatoms. The molecule has 3 aromatic heterocycles. The number of nitrogens with zero attached hydrogens (tertiary/aromatic N) is 5. The first-order chi connectivity index (χ1) is 14.5. The Morgan fingerprint density at radius 3 is 2.50 bits per heavy atom. The minimum Gasteiger partial charge on any atom is -0.445 e. The van der Waals surface area contributed by atoms with Crippen molar-refractivity contribution in [3.8, 4) is 5.69 Å². The van der Waals surface area contributed by atoms with Crippen molar-refractivity contribution < 1.29 is 4.42 Å². The molecule has 0 atom stereocenters. The lowest BCUT2D eigenvalue weighted by molar-refractivity contribution is 0.489. The maximum atomic E-state index is 13.3. The summed E-state index contributed by atoms with van der Waals surface area (Å²) in [6.07, 6.45) is 0. The molecule has 2 aromatic carbocycles. The number of hydrogen-bond acceptors (Lipinski definition) is 6. The van der Waals surface area contributed by atoms with Gasteiger partial charge in [-0.25, -0.2) is 9.55 Å². The third-order valence-corrected chi connectivity index (χ3v) is 6.00. The minimum atomic E-state index is -0.121. The quantitative estimate of drug-likeness (QED) is 0.407. The molecule has 0 saturated heterocycles. The van der Waals surface area contributed by atoms with E-state index in [1.165, 1.54) is 11.8 Å². The minimum absolute atomic E-state index is 0.121. The molecule has 0 aliphatic heterocycles. The van der Waals surface area contributed by atoms with E-state index in [2.05, 4.69) is 15.2 Å². The molecule has 0 radical (unpaired) electrons. The van der Waals surface area contributed by atoms with Crippen LogP contribution in [0, 0.1) is 20.8 Å². The molecule has 0 aliphatic rings. The summed E-state index contributed by atoms with van der Waals surface area (Å²) in [5.74, 6) is 2.45. The van der Waals surface area contributed by atoms with Gasteiger partial charge in [0.15, 0.2) is 5.16 Å². The molecule has 5 aromatic rings. The lowest BCUT2D eigenvalue weighted by atomic mass is 10.2. The predicted molar refractivity (Wildman–Crippen MR) is 116 cm³/mol. The number of benzene rings is 2. The van der Waals surface area contributed by atoms with E-state index in [0.29, 0.717) is 28.0 Å². The van der Waals surface area contributed by atoms with Crippen LogP contribution in [0.3, 0.4) is 0 Å². The zero-order chi connectivity index (χ0) is 20.8. The van der Waals surface area contributed by atoms with Crippen molar-refractivity contribution in [2.24, 2.45) is 0 Å². The standard InChI is InChI=1S/C22H19N5O2S/c1-13-8-10-16(11-9-13)26-20(28)17-6-4-5-7-18(17)27-21(26)24-25-22(27)30-12-19-23-14(2)15(3)29-19/h4-11H,12H2,1-3H3. The zero-order valence-electron chi connectivity index (χ0n) is 16.8. The van der Waals surface area contributed by atoms with Gasteiger partial charge < -0.3 is 4.42 Å². The van der Waals surface area contributed by atoms with Crippen LogP contribution < -0.4 is 5.56 Å². The van der Waals surface area contributed by atoms with Gasteiger partial charge in [0.2, 0.25) is 11.7 Å². The van der Waals surface area contributed by atoms with Crippen LogP contribution in [0.15, 0.2) is 62.9 Å². The summed E-state index contributed by atoms with van der Waals surface area (Å²) in [6, 6.07) is 15.3. The second-order valence-electron chi connectivity index (χ2n) is 7.15. The van der Waals surface area contributed by atoms with Gasteiger partial charge >= 0.3 is 0 Å². The van der Waals surface area contributed by atoms with Gasteiger partial charge in [-0.2, -0.15) is 0 Å². The van der Waals surface area contributed by atoms with E-state index in [9.17, 15) is 4.79 Å². The summed E-state index contributed by atoms with van der Waals surface area (Å²) in [5.41, 5.74) is 3.41. The fourth-order valence-corrected chi connectivity index (χ4v) is 4.21. The summed E-state index contributed by atoms with van der Waals surface area (Å²) in [4.78, 5) is 17.7. The average Bonchev–Trinajstić information content (AvgIpc) is 3.31. The molecule has 0 amide bonds. The van der Waals surface area contributed by atoms with Gasteiger partial charge in [0.25, 0.3) is 5.56 Å². The Hall–Kier alpha value is -3.39. The summed E-state index contributed by atoms with van der Waals surface area (Å²) < 4.78 is 9.22. The third-order valence-electron chi connectivity index (χ3n) is 5.08. The third kappa shape index (κ3) is 3.00. The van der Waals surface area contributed by atoms with E-state index in [4.69, 9.17) is 4.42 Å². The van der Waals surface area contributed by atoms with E-state index in [1.807, 2.05) is 73.7 Å². The van der Waals surface area contributed by atoms with Crippen LogP contribution in [0.4, 0.5) is 0 Å². The molecule has 30 heavy (non-hydrogen) atoms. The van der Waals surface area contributed by atoms with Crippen LogP contribution in [-0.2, 0) is 5.75 Å². The van der Waals surface area contributed by atoms with Crippen molar-refractivity contribution in [3.05, 3.63) is 81.8 Å². The molecule has 5 rings (SSSR count). The van der Waals surface area contributed by atoms with E-state index in [1.54, 1.807) is 4.57 Å². The van der Waals surface area contributed by atoms with Crippen molar-refractivity contribution in [1.82, 2.24) is 24.1 Å². The topological polar surface area (TPSA) is 78.2 Å². The van der Waals surface area contributed by atoms with Gasteiger partial charge in [0.1, 0.15) is 5.76 Å². The van der Waals surface area contributed by atoms with Crippen molar-refractivity contribution >= 4 is 28.4 Å². The smallest absolute Gasteiger partial charge is 0.267 e. The normalized spacial score (nSPS) is 11.6. The highest BCUT2D eigenvalue weighted by molar-refractivity contribution is 7.98. The number of aryl methyl sites for hydroxylation is 3. The lowest BCUT2D eigenvalue weighted by Gasteiger charge is -2.11. The van der Waals surface area contributed by atoms with Gasteiger partial charge in [-0.3, -0.25) is 9.20 Å². The van der Waals surface area contributed by atoms with E-state index < -0.39 is 0 Å². The van der Waals surface area contributed by atoms with Crippen LogP contribution in [0.25, 0.3) is 22.4 Å². The molecule has 0 aliphatic carbocycles. The highest BCUT2D eigenvalue weighted by Crippen LogP contribution is 2.26. The Morgan fingerprint density at radius 1 is 1.00 bits per heavy atom. The Morgan fingerprint density at radius 2 is 1.77 bits per heavy atom. The van der Waals surface area contributed by atoms with Crippen LogP contribution in [0.1, 0.15) is 22.9 Å². The highest BCUT2D eigenvalue weighted by atomic mass is 32.2. The number of aromatic nitrogens is 5. The fourth-order valence-electron chi connectivity index (χ4n) is 3.43. The monoisotopic (exact) mass is 417 g/mol. The summed E-state index contributed by atoms with van der Waals surface area (Å²) in [6.45, 7) is 5.84. The van der Waals surface area contributed by atoms with Crippen LogP contribution >= 0.6 is 11.8 Å². The number of hydrogen-bond donors (Lipinski definition) is 0. The zero-order valence-corrected chi connectivity index (χ0v) is 17.6. The molecule has 3 heterocycles. The van der Waals surface area contributed by atoms with Crippen molar-refractivity contribution in [2.75, 3.05) is 0 Å². The average molecular weight is 417 g/mol. The molecule has 0 N–H and O–H groups in total. The van der Waals surface area contributed by atoms with Crippen molar-refractivity contribution in [2.45, 2.75) is 31.7 Å². The first-order valence-corrected chi connectivity index (χ1v) is 10.5. The molecule has 0 fully saturated rings. The van der Waals surface area contributed by atoms with Crippen molar-refractivity contribution in [3.63, 3.8) is 0 Å². The largest absolute Gasteiger partial charge is 0.445 e. The summed E-state index contributed by atoms with van der Waals surface area (Å²) in [7, 11) is 0. The number of fused-ring (bicyclic) bond motifs is 3. The molecular formula is C22H19N5O2S. The first-order valence-electron chi connectivity index (χ1n) is 9.54. The van der Waals surface area contributed by atoms with E-state index in [0.717, 1.165) is 28.2 Å². The molecule has 0 saturated carbocycles. The molecule has 7 nitrogen and oxygen atoms in total. The second kappa shape index (κ2) is 7.14. The number of thioether (sulfide) groups is 1. The van der Waals surface area contributed by atoms with Crippen LogP contribution in [-0.4, -0.2) is 24.1 Å². The SMILES string of the molecule is Cc1ccc(-n2c(=O)c3ccccc3n3c(SCc4nc(C)c(C)o4)nnc23)cc1. The Kier molecular flexibility index (Phi) is 4.43. The Balaban J connectivity index is 1.70. The maximum Gasteiger partial charge on any atom is 0.267 e. The summed E-state index contributed by atoms with van der Waals surface area (Å²) >= 11 is 1.48. The number of para-hydroxylation sites is 1.